The molecule has 0 aliphatic carbocycles. The molecule has 0 bridgehead atoms. The lowest BCUT2D eigenvalue weighted by Crippen LogP contribution is -2.08. The van der Waals surface area contributed by atoms with E-state index in [9.17, 15) is 4.39 Å². The fourth-order valence-corrected chi connectivity index (χ4v) is 1.55. The Morgan fingerprint density at radius 2 is 2.19 bits per heavy atom. The number of nitriles is 1. The Morgan fingerprint density at radius 3 is 2.90 bits per heavy atom. The fourth-order valence-electron chi connectivity index (χ4n) is 1.55. The van der Waals surface area contributed by atoms with Gasteiger partial charge in [-0.15, -0.1) is 0 Å². The van der Waals surface area contributed by atoms with Crippen LogP contribution in [0.15, 0.2) is 18.2 Å². The number of nitrogens with one attached hydrogen (secondary N) is 1. The molecule has 0 spiro atoms. The van der Waals surface area contributed by atoms with Gasteiger partial charge in [0.2, 0.25) is 11.9 Å². The third-order valence-electron chi connectivity index (χ3n) is 2.44. The number of benzene rings is 1. The van der Waals surface area contributed by atoms with E-state index in [-0.39, 0.29) is 29.2 Å². The van der Waals surface area contributed by atoms with E-state index in [1.54, 1.807) is 6.07 Å². The molecule has 0 atom stereocenters. The van der Waals surface area contributed by atoms with Crippen LogP contribution in [0.3, 0.4) is 0 Å². The normalized spacial score (nSPS) is 9.95. The molecule has 7 nitrogen and oxygen atoms in total. The molecule has 0 saturated carbocycles. The molecule has 8 heteroatoms. The molecular weight excluding hydrogens is 275 g/mol. The van der Waals surface area contributed by atoms with Crippen molar-refractivity contribution < 1.29 is 9.13 Å². The van der Waals surface area contributed by atoms with Crippen molar-refractivity contribution in [2.45, 2.75) is 13.3 Å². The van der Waals surface area contributed by atoms with Gasteiger partial charge in [0.25, 0.3) is 0 Å². The predicted molar refractivity (Wildman–Crippen MR) is 74.4 cm³/mol. The molecule has 3 N–H and O–H groups in total. The van der Waals surface area contributed by atoms with Crippen molar-refractivity contribution in [3.05, 3.63) is 29.6 Å². The van der Waals surface area contributed by atoms with E-state index >= 15 is 0 Å². The van der Waals surface area contributed by atoms with Crippen molar-refractivity contribution in [3.63, 3.8) is 0 Å². The Kier molecular flexibility index (Phi) is 4.46. The van der Waals surface area contributed by atoms with Crippen LogP contribution in [-0.4, -0.2) is 21.6 Å². The maximum atomic E-state index is 13.5. The molecule has 0 radical (unpaired) electrons. The van der Waals surface area contributed by atoms with E-state index in [1.165, 1.54) is 18.2 Å². The maximum absolute atomic E-state index is 13.5. The van der Waals surface area contributed by atoms with Crippen molar-refractivity contribution >= 4 is 17.6 Å². The van der Waals surface area contributed by atoms with Crippen LogP contribution in [0.4, 0.5) is 22.0 Å². The smallest absolute Gasteiger partial charge is 0.323 e. The number of aromatic nitrogens is 3. The van der Waals surface area contributed by atoms with Crippen LogP contribution in [-0.2, 0) is 0 Å². The first kappa shape index (κ1) is 14.5. The number of nitrogens with two attached hydrogens (primary N) is 1. The van der Waals surface area contributed by atoms with E-state index < -0.39 is 5.82 Å². The summed E-state index contributed by atoms with van der Waals surface area (Å²) in [6, 6.07) is 6.05. The molecule has 2 rings (SSSR count). The number of halogens is 1. The van der Waals surface area contributed by atoms with Gasteiger partial charge in [-0.2, -0.15) is 20.2 Å². The molecule has 1 aromatic heterocycles. The molecule has 0 amide bonds. The summed E-state index contributed by atoms with van der Waals surface area (Å²) in [6.07, 6.45) is 0.789. The summed E-state index contributed by atoms with van der Waals surface area (Å²) < 4.78 is 18.8. The number of hydrogen-bond acceptors (Lipinski definition) is 7. The first-order valence-corrected chi connectivity index (χ1v) is 6.24. The van der Waals surface area contributed by atoms with Gasteiger partial charge >= 0.3 is 6.01 Å². The van der Waals surface area contributed by atoms with Gasteiger partial charge in [-0.25, -0.2) is 4.39 Å². The van der Waals surface area contributed by atoms with E-state index in [0.717, 1.165) is 6.42 Å². The highest BCUT2D eigenvalue weighted by Crippen LogP contribution is 2.21. The zero-order valence-electron chi connectivity index (χ0n) is 11.3. The molecule has 1 aromatic carbocycles. The van der Waals surface area contributed by atoms with Gasteiger partial charge in [0.1, 0.15) is 17.4 Å². The molecule has 0 unspecified atom stereocenters. The van der Waals surface area contributed by atoms with Crippen molar-refractivity contribution in [2.24, 2.45) is 0 Å². The van der Waals surface area contributed by atoms with Crippen molar-refractivity contribution in [3.8, 4) is 12.1 Å². The number of rotatable bonds is 5. The van der Waals surface area contributed by atoms with E-state index in [2.05, 4.69) is 20.3 Å². The number of hydrogen-bond donors (Lipinski definition) is 2. The molecule has 0 saturated heterocycles. The second kappa shape index (κ2) is 6.47. The highest BCUT2D eigenvalue weighted by molar-refractivity contribution is 5.63. The van der Waals surface area contributed by atoms with Gasteiger partial charge in [0.15, 0.2) is 0 Å². The molecule has 0 aliphatic rings. The number of nitrogen functional groups attached to an aromatic ring is 1. The average molecular weight is 288 g/mol. The largest absolute Gasteiger partial charge is 0.463 e. The van der Waals surface area contributed by atoms with Crippen molar-refractivity contribution in [1.82, 2.24) is 15.0 Å². The molecule has 1 heterocycles. The van der Waals surface area contributed by atoms with E-state index in [1.807, 2.05) is 6.92 Å². The standard InChI is InChI=1S/C13H13FN6O/c1-2-6-21-13-19-11(16)18-12(20-13)17-10-5-3-4-9(14)8(10)7-15/h3-5H,2,6H2,1H3,(H3,16,17,18,19,20). The summed E-state index contributed by atoms with van der Waals surface area (Å²) in [4.78, 5) is 11.7. The van der Waals surface area contributed by atoms with Gasteiger partial charge in [0, 0.05) is 0 Å². The van der Waals surface area contributed by atoms with Gasteiger partial charge in [-0.3, -0.25) is 0 Å². The van der Waals surface area contributed by atoms with Crippen molar-refractivity contribution in [1.29, 1.82) is 5.26 Å². The molecule has 2 aromatic rings. The minimum absolute atomic E-state index is 0.0338. The zero-order valence-corrected chi connectivity index (χ0v) is 11.3. The molecule has 0 aliphatic heterocycles. The molecule has 108 valence electrons. The van der Waals surface area contributed by atoms with Gasteiger partial charge in [-0.1, -0.05) is 13.0 Å². The first-order valence-electron chi connectivity index (χ1n) is 6.24. The van der Waals surface area contributed by atoms with Crippen LogP contribution in [0.5, 0.6) is 6.01 Å². The minimum Gasteiger partial charge on any atom is -0.463 e. The summed E-state index contributed by atoms with van der Waals surface area (Å²) in [6.45, 7) is 2.38. The summed E-state index contributed by atoms with van der Waals surface area (Å²) >= 11 is 0. The zero-order chi connectivity index (χ0) is 15.2. The Bertz CT molecular complexity index is 685. The highest BCUT2D eigenvalue weighted by atomic mass is 19.1. The minimum atomic E-state index is -0.632. The van der Waals surface area contributed by atoms with Crippen LogP contribution in [0.2, 0.25) is 0 Å². The monoisotopic (exact) mass is 288 g/mol. The van der Waals surface area contributed by atoms with Crippen molar-refractivity contribution in [2.75, 3.05) is 17.7 Å². The SMILES string of the molecule is CCCOc1nc(N)nc(Nc2cccc(F)c2C#N)n1. The lowest BCUT2D eigenvalue weighted by molar-refractivity contribution is 0.292. The molecule has 0 fully saturated rings. The third-order valence-corrected chi connectivity index (χ3v) is 2.44. The predicted octanol–water partition coefficient (Wildman–Crippen LogP) is 2.00. The Hall–Kier alpha value is -2.95. The quantitative estimate of drug-likeness (QED) is 0.865. The lowest BCUT2D eigenvalue weighted by atomic mass is 10.2. The fraction of sp³-hybridized carbons (Fsp3) is 0.231. The van der Waals surface area contributed by atoms with Crippen LogP contribution in [0.25, 0.3) is 0 Å². The summed E-state index contributed by atoms with van der Waals surface area (Å²) in [7, 11) is 0. The van der Waals surface area contributed by atoms with E-state index in [4.69, 9.17) is 15.7 Å². The van der Waals surface area contributed by atoms with Gasteiger partial charge < -0.3 is 15.8 Å². The van der Waals surface area contributed by atoms with Crippen LogP contribution >= 0.6 is 0 Å². The second-order valence-electron chi connectivity index (χ2n) is 4.05. The average Bonchev–Trinajstić information content (AvgIpc) is 2.45. The Balaban J connectivity index is 2.30. The first-order chi connectivity index (χ1) is 10.1. The van der Waals surface area contributed by atoms with Gasteiger partial charge in [-0.05, 0) is 18.6 Å². The Labute approximate surface area is 120 Å². The lowest BCUT2D eigenvalue weighted by Gasteiger charge is -2.09. The summed E-state index contributed by atoms with van der Waals surface area (Å²) in [5, 5.41) is 11.7. The number of ether oxygens (including phenoxy) is 1. The third kappa shape index (κ3) is 3.54. The summed E-state index contributed by atoms with van der Waals surface area (Å²) in [5.74, 6) is -0.587. The molecule has 21 heavy (non-hydrogen) atoms. The maximum Gasteiger partial charge on any atom is 0.323 e. The van der Waals surface area contributed by atoms with Gasteiger partial charge in [0.05, 0.1) is 12.3 Å². The highest BCUT2D eigenvalue weighted by Gasteiger charge is 2.11. The summed E-state index contributed by atoms with van der Waals surface area (Å²) in [5.41, 5.74) is 5.67. The topological polar surface area (TPSA) is 110 Å². The molecular formula is C13H13FN6O. The van der Waals surface area contributed by atoms with Crippen LogP contribution in [0, 0.1) is 17.1 Å². The number of nitrogens with zero attached hydrogens (tertiary/aromatic N) is 4. The van der Waals surface area contributed by atoms with Crippen LogP contribution in [0.1, 0.15) is 18.9 Å². The second-order valence-corrected chi connectivity index (χ2v) is 4.05. The number of anilines is 3. The Morgan fingerprint density at radius 1 is 1.38 bits per heavy atom. The van der Waals surface area contributed by atoms with Crippen LogP contribution < -0.4 is 15.8 Å². The van der Waals surface area contributed by atoms with E-state index in [0.29, 0.717) is 6.61 Å².